The van der Waals surface area contributed by atoms with Crippen LogP contribution in [0.25, 0.3) is 0 Å². The van der Waals surface area contributed by atoms with Gasteiger partial charge in [0.1, 0.15) is 0 Å². The normalized spacial score (nSPS) is 20.8. The van der Waals surface area contributed by atoms with Crippen molar-refractivity contribution in [3.63, 3.8) is 0 Å². The SMILES string of the molecule is C=C(CC(N)=O)N1CCCC(F)(F)CC1. The largest absolute Gasteiger partial charge is 0.375 e. The maximum absolute atomic E-state index is 13.0. The maximum atomic E-state index is 13.0. The fraction of sp³-hybridized carbons (Fsp3) is 0.700. The van der Waals surface area contributed by atoms with E-state index in [-0.39, 0.29) is 25.8 Å². The summed E-state index contributed by atoms with van der Waals surface area (Å²) in [5.41, 5.74) is 5.56. The second-order valence-electron chi connectivity index (χ2n) is 3.91. The number of rotatable bonds is 3. The van der Waals surface area contributed by atoms with Crippen LogP contribution in [-0.4, -0.2) is 29.8 Å². The second-order valence-corrected chi connectivity index (χ2v) is 3.91. The summed E-state index contributed by atoms with van der Waals surface area (Å²) in [6.45, 7) is 4.47. The summed E-state index contributed by atoms with van der Waals surface area (Å²) in [6.07, 6.45) is 0.203. The molecule has 1 aliphatic heterocycles. The number of alkyl halides is 2. The Hall–Kier alpha value is -1.13. The van der Waals surface area contributed by atoms with Crippen molar-refractivity contribution in [2.75, 3.05) is 13.1 Å². The van der Waals surface area contributed by atoms with Crippen molar-refractivity contribution >= 4 is 5.91 Å². The summed E-state index contributed by atoms with van der Waals surface area (Å²) in [4.78, 5) is 12.4. The third kappa shape index (κ3) is 3.85. The van der Waals surface area contributed by atoms with E-state index in [0.29, 0.717) is 18.7 Å². The molecular formula is C10H16F2N2O. The van der Waals surface area contributed by atoms with Gasteiger partial charge < -0.3 is 10.6 Å². The van der Waals surface area contributed by atoms with Crippen LogP contribution in [0.3, 0.4) is 0 Å². The lowest BCUT2D eigenvalue weighted by Gasteiger charge is -2.24. The zero-order valence-electron chi connectivity index (χ0n) is 8.64. The number of nitrogens with two attached hydrogens (primary N) is 1. The highest BCUT2D eigenvalue weighted by Crippen LogP contribution is 2.29. The predicted molar refractivity (Wildman–Crippen MR) is 53.3 cm³/mol. The highest BCUT2D eigenvalue weighted by Gasteiger charge is 2.31. The number of hydrogen-bond acceptors (Lipinski definition) is 2. The molecule has 3 nitrogen and oxygen atoms in total. The van der Waals surface area contributed by atoms with Gasteiger partial charge in [0.05, 0.1) is 6.42 Å². The first-order valence-electron chi connectivity index (χ1n) is 4.99. The second kappa shape index (κ2) is 4.59. The van der Waals surface area contributed by atoms with Gasteiger partial charge in [-0.1, -0.05) is 6.58 Å². The third-order valence-corrected chi connectivity index (χ3v) is 2.54. The van der Waals surface area contributed by atoms with Gasteiger partial charge in [0, 0.05) is 31.6 Å². The van der Waals surface area contributed by atoms with Gasteiger partial charge in [-0.05, 0) is 6.42 Å². The van der Waals surface area contributed by atoms with E-state index in [1.54, 1.807) is 4.90 Å². The molecule has 0 spiro atoms. The van der Waals surface area contributed by atoms with Crippen LogP contribution in [0.1, 0.15) is 25.7 Å². The number of primary amides is 1. The lowest BCUT2D eigenvalue weighted by molar-refractivity contribution is -0.117. The molecule has 1 saturated heterocycles. The summed E-state index contributed by atoms with van der Waals surface area (Å²) in [5.74, 6) is -3.06. The molecule has 1 aliphatic rings. The summed E-state index contributed by atoms with van der Waals surface area (Å²) in [6, 6.07) is 0. The molecule has 1 heterocycles. The van der Waals surface area contributed by atoms with Crippen molar-refractivity contribution in [2.45, 2.75) is 31.6 Å². The van der Waals surface area contributed by atoms with E-state index < -0.39 is 11.8 Å². The molecule has 0 radical (unpaired) electrons. The van der Waals surface area contributed by atoms with Gasteiger partial charge in [0.25, 0.3) is 0 Å². The summed E-state index contributed by atoms with van der Waals surface area (Å²) in [5, 5.41) is 0. The number of carbonyl (C=O) groups excluding carboxylic acids is 1. The van der Waals surface area contributed by atoms with Crippen LogP contribution >= 0.6 is 0 Å². The average Bonchev–Trinajstić information content (AvgIpc) is 2.25. The zero-order valence-corrected chi connectivity index (χ0v) is 8.64. The molecule has 2 N–H and O–H groups in total. The molecule has 15 heavy (non-hydrogen) atoms. The van der Waals surface area contributed by atoms with Crippen LogP contribution in [0, 0.1) is 0 Å². The van der Waals surface area contributed by atoms with E-state index in [0.717, 1.165) is 0 Å². The quantitative estimate of drug-likeness (QED) is 0.780. The van der Waals surface area contributed by atoms with Gasteiger partial charge in [-0.2, -0.15) is 0 Å². The van der Waals surface area contributed by atoms with Crippen molar-refractivity contribution in [1.82, 2.24) is 4.90 Å². The molecule has 0 saturated carbocycles. The van der Waals surface area contributed by atoms with Crippen LogP contribution < -0.4 is 5.73 Å². The number of hydrogen-bond donors (Lipinski definition) is 1. The topological polar surface area (TPSA) is 46.3 Å². The van der Waals surface area contributed by atoms with E-state index in [1.165, 1.54) is 0 Å². The smallest absolute Gasteiger partial charge is 0.249 e. The monoisotopic (exact) mass is 218 g/mol. The number of carbonyl (C=O) groups is 1. The first-order chi connectivity index (χ1) is 6.91. The van der Waals surface area contributed by atoms with Gasteiger partial charge in [0.2, 0.25) is 11.8 Å². The summed E-state index contributed by atoms with van der Waals surface area (Å²) >= 11 is 0. The molecular weight excluding hydrogens is 202 g/mol. The van der Waals surface area contributed by atoms with Crippen molar-refractivity contribution in [3.05, 3.63) is 12.3 Å². The van der Waals surface area contributed by atoms with Crippen LogP contribution in [0.4, 0.5) is 8.78 Å². The Morgan fingerprint density at radius 2 is 2.07 bits per heavy atom. The van der Waals surface area contributed by atoms with E-state index in [2.05, 4.69) is 6.58 Å². The van der Waals surface area contributed by atoms with Gasteiger partial charge >= 0.3 is 0 Å². The zero-order chi connectivity index (χ0) is 11.5. The summed E-state index contributed by atoms with van der Waals surface area (Å²) in [7, 11) is 0. The number of amides is 1. The number of nitrogens with zero attached hydrogens (tertiary/aromatic N) is 1. The van der Waals surface area contributed by atoms with Crippen LogP contribution in [0.2, 0.25) is 0 Å². The molecule has 0 unspecified atom stereocenters. The summed E-state index contributed by atoms with van der Waals surface area (Å²) < 4.78 is 26.0. The molecule has 1 fully saturated rings. The van der Waals surface area contributed by atoms with Gasteiger partial charge in [-0.15, -0.1) is 0 Å². The standard InChI is InChI=1S/C10H16F2N2O/c1-8(7-9(13)15)14-5-2-3-10(11,12)4-6-14/h1-7H2,(H2,13,15). The molecule has 0 aromatic heterocycles. The lowest BCUT2D eigenvalue weighted by Crippen LogP contribution is -2.27. The van der Waals surface area contributed by atoms with Crippen molar-refractivity contribution < 1.29 is 13.6 Å². The molecule has 1 amide bonds. The van der Waals surface area contributed by atoms with Gasteiger partial charge in [0.15, 0.2) is 0 Å². The highest BCUT2D eigenvalue weighted by molar-refractivity contribution is 5.76. The van der Waals surface area contributed by atoms with E-state index in [4.69, 9.17) is 5.73 Å². The molecule has 0 aromatic rings. The number of likely N-dealkylation sites (tertiary alicyclic amines) is 1. The Kier molecular flexibility index (Phi) is 3.66. The number of halogens is 2. The molecule has 5 heteroatoms. The first-order valence-corrected chi connectivity index (χ1v) is 4.99. The lowest BCUT2D eigenvalue weighted by atomic mass is 10.1. The molecule has 86 valence electrons. The highest BCUT2D eigenvalue weighted by atomic mass is 19.3. The van der Waals surface area contributed by atoms with Gasteiger partial charge in [-0.3, -0.25) is 4.79 Å². The Bertz CT molecular complexity index is 266. The maximum Gasteiger partial charge on any atom is 0.249 e. The average molecular weight is 218 g/mol. The fourth-order valence-corrected chi connectivity index (χ4v) is 1.69. The van der Waals surface area contributed by atoms with E-state index >= 15 is 0 Å². The Morgan fingerprint density at radius 1 is 1.40 bits per heavy atom. The minimum atomic E-state index is -2.58. The molecule has 0 aromatic carbocycles. The third-order valence-electron chi connectivity index (χ3n) is 2.54. The minimum absolute atomic E-state index is 0.0472. The first kappa shape index (κ1) is 11.9. The van der Waals surface area contributed by atoms with Gasteiger partial charge in [-0.25, -0.2) is 8.78 Å². The molecule has 1 rings (SSSR count). The Morgan fingerprint density at radius 3 is 2.67 bits per heavy atom. The van der Waals surface area contributed by atoms with Crippen molar-refractivity contribution in [3.8, 4) is 0 Å². The predicted octanol–water partition coefficient (Wildman–Crippen LogP) is 1.50. The minimum Gasteiger partial charge on any atom is -0.375 e. The fourth-order valence-electron chi connectivity index (χ4n) is 1.69. The van der Waals surface area contributed by atoms with Crippen molar-refractivity contribution in [2.24, 2.45) is 5.73 Å². The van der Waals surface area contributed by atoms with Crippen LogP contribution in [-0.2, 0) is 4.79 Å². The van der Waals surface area contributed by atoms with E-state index in [9.17, 15) is 13.6 Å². The molecule has 0 bridgehead atoms. The molecule has 0 atom stereocenters. The Balaban J connectivity index is 2.50. The van der Waals surface area contributed by atoms with Crippen molar-refractivity contribution in [1.29, 1.82) is 0 Å². The Labute approximate surface area is 87.9 Å². The van der Waals surface area contributed by atoms with Crippen LogP contribution in [0.15, 0.2) is 12.3 Å². The van der Waals surface area contributed by atoms with E-state index in [1.807, 2.05) is 0 Å². The van der Waals surface area contributed by atoms with Crippen LogP contribution in [0.5, 0.6) is 0 Å². The molecule has 0 aliphatic carbocycles.